The Hall–Kier alpha value is -2.96. The third-order valence-corrected chi connectivity index (χ3v) is 5.45. The summed E-state index contributed by atoms with van der Waals surface area (Å²) in [7, 11) is 0. The molecule has 1 aliphatic carbocycles. The van der Waals surface area contributed by atoms with Gasteiger partial charge in [0.1, 0.15) is 0 Å². The lowest BCUT2D eigenvalue weighted by Gasteiger charge is -2.19. The van der Waals surface area contributed by atoms with Crippen molar-refractivity contribution >= 4 is 23.4 Å². The first-order valence-electron chi connectivity index (χ1n) is 9.37. The van der Waals surface area contributed by atoms with Crippen LogP contribution in [0.25, 0.3) is 5.69 Å². The molecule has 1 saturated heterocycles. The van der Waals surface area contributed by atoms with Crippen LogP contribution >= 0.6 is 0 Å². The van der Waals surface area contributed by atoms with E-state index < -0.39 is 0 Å². The molecule has 1 aromatic heterocycles. The first-order chi connectivity index (χ1) is 13.1. The van der Waals surface area contributed by atoms with Gasteiger partial charge in [0.15, 0.2) is 0 Å². The molecule has 3 amide bonds. The first kappa shape index (κ1) is 17.5. The van der Waals surface area contributed by atoms with Crippen molar-refractivity contribution in [2.75, 3.05) is 11.9 Å². The Balaban J connectivity index is 1.32. The number of amides is 3. The summed E-state index contributed by atoms with van der Waals surface area (Å²) in [6.07, 6.45) is 8.95. The number of hydrogen-bond acceptors (Lipinski definition) is 4. The predicted octanol–water partition coefficient (Wildman–Crippen LogP) is 2.38. The Morgan fingerprint density at radius 2 is 1.74 bits per heavy atom. The molecule has 2 aliphatic rings. The Morgan fingerprint density at radius 1 is 1.07 bits per heavy atom. The van der Waals surface area contributed by atoms with Crippen molar-refractivity contribution in [2.45, 2.75) is 32.1 Å². The van der Waals surface area contributed by atoms with Crippen LogP contribution in [-0.4, -0.2) is 38.7 Å². The number of imide groups is 1. The molecule has 140 valence electrons. The van der Waals surface area contributed by atoms with Gasteiger partial charge in [0.25, 0.3) is 0 Å². The standard InChI is InChI=1S/C20H22N4O3/c25-18(22-14-5-7-15(8-6-14)23-12-10-21-13-23)9-11-24-19(26)16-3-1-2-4-17(16)20(24)27/h5-8,10,12-13,16-17H,1-4,9,11H2,(H,22,25). The lowest BCUT2D eigenvalue weighted by atomic mass is 9.81. The van der Waals surface area contributed by atoms with Gasteiger partial charge >= 0.3 is 0 Å². The molecule has 7 nitrogen and oxygen atoms in total. The maximum atomic E-state index is 12.4. The van der Waals surface area contributed by atoms with Gasteiger partial charge in [0.05, 0.1) is 18.2 Å². The van der Waals surface area contributed by atoms with Gasteiger partial charge in [0, 0.05) is 36.7 Å². The van der Waals surface area contributed by atoms with Crippen LogP contribution in [0.15, 0.2) is 43.0 Å². The van der Waals surface area contributed by atoms with E-state index in [2.05, 4.69) is 10.3 Å². The molecule has 0 spiro atoms. The summed E-state index contributed by atoms with van der Waals surface area (Å²) >= 11 is 0. The highest BCUT2D eigenvalue weighted by molar-refractivity contribution is 6.05. The predicted molar refractivity (Wildman–Crippen MR) is 99.0 cm³/mol. The van der Waals surface area contributed by atoms with E-state index in [-0.39, 0.29) is 42.5 Å². The maximum absolute atomic E-state index is 12.4. The van der Waals surface area contributed by atoms with Crippen LogP contribution in [-0.2, 0) is 14.4 Å². The van der Waals surface area contributed by atoms with Crippen molar-refractivity contribution in [2.24, 2.45) is 11.8 Å². The fraction of sp³-hybridized carbons (Fsp3) is 0.400. The zero-order valence-corrected chi connectivity index (χ0v) is 15.0. The molecule has 2 unspecified atom stereocenters. The molecular formula is C20H22N4O3. The van der Waals surface area contributed by atoms with E-state index in [1.807, 2.05) is 35.0 Å². The van der Waals surface area contributed by atoms with Crippen LogP contribution in [0.4, 0.5) is 5.69 Å². The number of imidazole rings is 1. The molecule has 7 heteroatoms. The maximum Gasteiger partial charge on any atom is 0.233 e. The van der Waals surface area contributed by atoms with Gasteiger partial charge in [-0.1, -0.05) is 12.8 Å². The van der Waals surface area contributed by atoms with Gasteiger partial charge in [-0.2, -0.15) is 0 Å². The smallest absolute Gasteiger partial charge is 0.233 e. The van der Waals surface area contributed by atoms with Gasteiger partial charge in [-0.05, 0) is 37.1 Å². The zero-order valence-electron chi connectivity index (χ0n) is 15.0. The summed E-state index contributed by atoms with van der Waals surface area (Å²) in [5.41, 5.74) is 1.62. The van der Waals surface area contributed by atoms with Gasteiger partial charge < -0.3 is 9.88 Å². The van der Waals surface area contributed by atoms with Crippen molar-refractivity contribution in [1.82, 2.24) is 14.5 Å². The number of nitrogens with zero attached hydrogens (tertiary/aromatic N) is 3. The number of fused-ring (bicyclic) bond motifs is 1. The number of likely N-dealkylation sites (tertiary alicyclic amines) is 1. The van der Waals surface area contributed by atoms with E-state index in [4.69, 9.17) is 0 Å². The molecule has 1 aromatic carbocycles. The lowest BCUT2D eigenvalue weighted by molar-refractivity contribution is -0.140. The minimum Gasteiger partial charge on any atom is -0.326 e. The number of hydrogen-bond donors (Lipinski definition) is 1. The SMILES string of the molecule is O=C(CCN1C(=O)C2CCCCC2C1=O)Nc1ccc(-n2ccnc2)cc1. The largest absolute Gasteiger partial charge is 0.326 e. The topological polar surface area (TPSA) is 84.3 Å². The lowest BCUT2D eigenvalue weighted by Crippen LogP contribution is -2.34. The normalized spacial score (nSPS) is 22.0. The number of carbonyl (C=O) groups is 3. The van der Waals surface area contributed by atoms with Crippen LogP contribution in [0.2, 0.25) is 0 Å². The molecule has 2 aromatic rings. The average molecular weight is 366 g/mol. The first-order valence-corrected chi connectivity index (χ1v) is 9.37. The summed E-state index contributed by atoms with van der Waals surface area (Å²) in [5, 5.41) is 2.82. The van der Waals surface area contributed by atoms with Gasteiger partial charge in [-0.3, -0.25) is 19.3 Å². The summed E-state index contributed by atoms with van der Waals surface area (Å²) in [4.78, 5) is 42.4. The number of rotatable bonds is 5. The summed E-state index contributed by atoms with van der Waals surface area (Å²) < 4.78 is 1.87. The molecule has 2 atom stereocenters. The van der Waals surface area contributed by atoms with Gasteiger partial charge in [0.2, 0.25) is 17.7 Å². The number of benzene rings is 1. The van der Waals surface area contributed by atoms with Crippen LogP contribution in [0.1, 0.15) is 32.1 Å². The summed E-state index contributed by atoms with van der Waals surface area (Å²) in [6.45, 7) is 0.156. The minimum atomic E-state index is -0.208. The quantitative estimate of drug-likeness (QED) is 0.824. The molecule has 1 aliphatic heterocycles. The molecule has 2 heterocycles. The van der Waals surface area contributed by atoms with Crippen LogP contribution in [0.5, 0.6) is 0 Å². The zero-order chi connectivity index (χ0) is 18.8. The Morgan fingerprint density at radius 3 is 2.33 bits per heavy atom. The number of carbonyl (C=O) groups excluding carboxylic acids is 3. The highest BCUT2D eigenvalue weighted by Crippen LogP contribution is 2.37. The van der Waals surface area contributed by atoms with Crippen molar-refractivity contribution < 1.29 is 14.4 Å². The second kappa shape index (κ2) is 7.34. The fourth-order valence-corrected chi connectivity index (χ4v) is 4.02. The molecule has 0 radical (unpaired) electrons. The van der Waals surface area contributed by atoms with Gasteiger partial charge in [-0.15, -0.1) is 0 Å². The summed E-state index contributed by atoms with van der Waals surface area (Å²) in [6, 6.07) is 7.40. The van der Waals surface area contributed by atoms with Gasteiger partial charge in [-0.25, -0.2) is 4.98 Å². The molecular weight excluding hydrogens is 344 g/mol. The van der Waals surface area contributed by atoms with Crippen molar-refractivity contribution in [3.05, 3.63) is 43.0 Å². The Bertz CT molecular complexity index is 821. The Labute approximate surface area is 157 Å². The third kappa shape index (κ3) is 3.49. The van der Waals surface area contributed by atoms with E-state index in [1.54, 1.807) is 12.5 Å². The molecule has 1 N–H and O–H groups in total. The van der Waals surface area contributed by atoms with Crippen molar-refractivity contribution in [3.8, 4) is 5.69 Å². The van der Waals surface area contributed by atoms with E-state index >= 15 is 0 Å². The van der Waals surface area contributed by atoms with E-state index in [9.17, 15) is 14.4 Å². The van der Waals surface area contributed by atoms with E-state index in [0.717, 1.165) is 31.4 Å². The molecule has 1 saturated carbocycles. The van der Waals surface area contributed by atoms with Crippen LogP contribution < -0.4 is 5.32 Å². The number of nitrogens with one attached hydrogen (secondary N) is 1. The highest BCUT2D eigenvalue weighted by Gasteiger charge is 2.47. The van der Waals surface area contributed by atoms with E-state index in [1.165, 1.54) is 4.90 Å². The third-order valence-electron chi connectivity index (χ3n) is 5.45. The number of aromatic nitrogens is 2. The molecule has 27 heavy (non-hydrogen) atoms. The second-order valence-electron chi connectivity index (χ2n) is 7.14. The van der Waals surface area contributed by atoms with Crippen LogP contribution in [0.3, 0.4) is 0 Å². The molecule has 0 bridgehead atoms. The van der Waals surface area contributed by atoms with Crippen molar-refractivity contribution in [1.29, 1.82) is 0 Å². The fourth-order valence-electron chi connectivity index (χ4n) is 4.02. The summed E-state index contributed by atoms with van der Waals surface area (Å²) in [5.74, 6) is -0.722. The second-order valence-corrected chi connectivity index (χ2v) is 7.14. The average Bonchev–Trinajstić information content (AvgIpc) is 3.30. The molecule has 2 fully saturated rings. The van der Waals surface area contributed by atoms with Crippen molar-refractivity contribution in [3.63, 3.8) is 0 Å². The Kier molecular flexibility index (Phi) is 4.75. The number of anilines is 1. The monoisotopic (exact) mass is 366 g/mol. The highest BCUT2D eigenvalue weighted by atomic mass is 16.2. The molecule has 4 rings (SSSR count). The van der Waals surface area contributed by atoms with Crippen LogP contribution in [0, 0.1) is 11.8 Å². The minimum absolute atomic E-state index is 0.0952. The van der Waals surface area contributed by atoms with E-state index in [0.29, 0.717) is 5.69 Å².